The van der Waals surface area contributed by atoms with E-state index < -0.39 is 0 Å². The Labute approximate surface area is 110 Å². The highest BCUT2D eigenvalue weighted by molar-refractivity contribution is 5.40. The van der Waals surface area contributed by atoms with Gasteiger partial charge in [-0.05, 0) is 24.6 Å². The van der Waals surface area contributed by atoms with E-state index in [2.05, 4.69) is 24.0 Å². The van der Waals surface area contributed by atoms with Gasteiger partial charge < -0.3 is 15.2 Å². The average molecular weight is 252 g/mol. The van der Waals surface area contributed by atoms with Gasteiger partial charge in [0.1, 0.15) is 0 Å². The summed E-state index contributed by atoms with van der Waals surface area (Å²) in [5, 5.41) is 0. The second-order valence-corrected chi connectivity index (χ2v) is 4.36. The molecule has 18 heavy (non-hydrogen) atoms. The lowest BCUT2D eigenvalue weighted by molar-refractivity contribution is 0.0920. The van der Waals surface area contributed by atoms with Crippen molar-refractivity contribution in [3.63, 3.8) is 0 Å². The Morgan fingerprint density at radius 1 is 1.06 bits per heavy atom. The van der Waals surface area contributed by atoms with Gasteiger partial charge in [-0.2, -0.15) is 0 Å². The maximum atomic E-state index is 5.71. The largest absolute Gasteiger partial charge is 0.399 e. The molecule has 2 N–H and O–H groups in total. The number of hydrogen-bond donors (Lipinski definition) is 1. The molecule has 0 fully saturated rings. The first kappa shape index (κ1) is 15.0. The number of nitrogen functional groups attached to an aromatic ring is 1. The Hall–Kier alpha value is -1.10. The third kappa shape index (κ3) is 4.64. The van der Waals surface area contributed by atoms with Crippen LogP contribution in [0, 0.1) is 0 Å². The molecule has 1 rings (SSSR count). The van der Waals surface area contributed by atoms with Crippen molar-refractivity contribution in [3.8, 4) is 0 Å². The summed E-state index contributed by atoms with van der Waals surface area (Å²) in [7, 11) is 3.45. The molecule has 102 valence electrons. The van der Waals surface area contributed by atoms with Crippen LogP contribution >= 0.6 is 0 Å². The molecule has 0 radical (unpaired) electrons. The number of benzene rings is 1. The zero-order chi connectivity index (χ0) is 13.4. The summed E-state index contributed by atoms with van der Waals surface area (Å²) in [4.78, 5) is 2.35. The van der Waals surface area contributed by atoms with Gasteiger partial charge in [0, 0.05) is 39.0 Å². The van der Waals surface area contributed by atoms with Gasteiger partial charge in [-0.15, -0.1) is 0 Å². The minimum absolute atomic E-state index is 0.330. The van der Waals surface area contributed by atoms with Crippen molar-refractivity contribution < 1.29 is 9.47 Å². The monoisotopic (exact) mass is 252 g/mol. The lowest BCUT2D eigenvalue weighted by Gasteiger charge is -2.29. The Balaban J connectivity index is 2.66. The van der Waals surface area contributed by atoms with Crippen LogP contribution in [0.5, 0.6) is 0 Å². The topological polar surface area (TPSA) is 47.7 Å². The van der Waals surface area contributed by atoms with Crippen LogP contribution in [0.2, 0.25) is 0 Å². The fourth-order valence-corrected chi connectivity index (χ4v) is 1.90. The Morgan fingerprint density at radius 2 is 1.56 bits per heavy atom. The van der Waals surface area contributed by atoms with Crippen molar-refractivity contribution in [2.75, 3.05) is 46.3 Å². The van der Waals surface area contributed by atoms with Crippen molar-refractivity contribution in [2.45, 2.75) is 13.0 Å². The van der Waals surface area contributed by atoms with Gasteiger partial charge in [0.05, 0.1) is 13.2 Å². The van der Waals surface area contributed by atoms with Gasteiger partial charge in [-0.3, -0.25) is 4.90 Å². The lowest BCUT2D eigenvalue weighted by atomic mass is 10.1. The van der Waals surface area contributed by atoms with E-state index in [0.29, 0.717) is 6.04 Å². The van der Waals surface area contributed by atoms with E-state index in [0.717, 1.165) is 32.0 Å². The number of methoxy groups -OCH3 is 2. The molecule has 0 saturated carbocycles. The predicted octanol–water partition coefficient (Wildman–Crippen LogP) is 1.92. The maximum absolute atomic E-state index is 5.71. The smallest absolute Gasteiger partial charge is 0.0589 e. The van der Waals surface area contributed by atoms with E-state index >= 15 is 0 Å². The Kier molecular flexibility index (Phi) is 6.72. The number of ether oxygens (including phenoxy) is 2. The summed E-state index contributed by atoms with van der Waals surface area (Å²) in [6.07, 6.45) is 0. The second kappa shape index (κ2) is 8.08. The second-order valence-electron chi connectivity index (χ2n) is 4.36. The molecule has 0 spiro atoms. The summed E-state index contributed by atoms with van der Waals surface area (Å²) >= 11 is 0. The Bertz CT molecular complexity index is 319. The van der Waals surface area contributed by atoms with Crippen LogP contribution in [0.25, 0.3) is 0 Å². The molecule has 1 aromatic rings. The zero-order valence-corrected chi connectivity index (χ0v) is 11.6. The molecule has 0 saturated heterocycles. The van der Waals surface area contributed by atoms with Crippen molar-refractivity contribution in [1.29, 1.82) is 0 Å². The number of hydrogen-bond acceptors (Lipinski definition) is 4. The molecule has 0 amide bonds. The van der Waals surface area contributed by atoms with Crippen molar-refractivity contribution >= 4 is 5.69 Å². The van der Waals surface area contributed by atoms with E-state index in [-0.39, 0.29) is 0 Å². The molecule has 1 unspecified atom stereocenters. The van der Waals surface area contributed by atoms with E-state index in [9.17, 15) is 0 Å². The third-order valence-electron chi connectivity index (χ3n) is 3.13. The van der Waals surface area contributed by atoms with Crippen molar-refractivity contribution in [3.05, 3.63) is 29.8 Å². The number of rotatable bonds is 8. The highest BCUT2D eigenvalue weighted by Gasteiger charge is 2.15. The van der Waals surface area contributed by atoms with Gasteiger partial charge in [0.2, 0.25) is 0 Å². The first-order valence-corrected chi connectivity index (χ1v) is 6.26. The SMILES string of the molecule is COCCN(CCOC)C(C)c1ccc(N)cc1. The standard InChI is InChI=1S/C14H24N2O2/c1-12(13-4-6-14(15)7-5-13)16(8-10-17-2)9-11-18-3/h4-7,12H,8-11,15H2,1-3H3. The summed E-state index contributed by atoms with van der Waals surface area (Å²) in [6.45, 7) is 5.43. The van der Waals surface area contributed by atoms with Gasteiger partial charge in [-0.1, -0.05) is 12.1 Å². The molecule has 0 aliphatic heterocycles. The van der Waals surface area contributed by atoms with Crippen LogP contribution in [0.15, 0.2) is 24.3 Å². The minimum Gasteiger partial charge on any atom is -0.399 e. The summed E-state index contributed by atoms with van der Waals surface area (Å²) in [5.74, 6) is 0. The van der Waals surface area contributed by atoms with Crippen LogP contribution in [0.4, 0.5) is 5.69 Å². The normalized spacial score (nSPS) is 12.9. The van der Waals surface area contributed by atoms with Gasteiger partial charge in [0.15, 0.2) is 0 Å². The van der Waals surface area contributed by atoms with Crippen LogP contribution in [-0.2, 0) is 9.47 Å². The van der Waals surface area contributed by atoms with Gasteiger partial charge in [-0.25, -0.2) is 0 Å². The van der Waals surface area contributed by atoms with Crippen LogP contribution < -0.4 is 5.73 Å². The van der Waals surface area contributed by atoms with E-state index in [1.54, 1.807) is 14.2 Å². The molecule has 1 atom stereocenters. The number of nitrogens with zero attached hydrogens (tertiary/aromatic N) is 1. The highest BCUT2D eigenvalue weighted by atomic mass is 16.5. The number of anilines is 1. The molecule has 0 aliphatic rings. The average Bonchev–Trinajstić information content (AvgIpc) is 2.39. The molecule has 0 heterocycles. The first-order valence-electron chi connectivity index (χ1n) is 6.26. The molecule has 0 aromatic heterocycles. The maximum Gasteiger partial charge on any atom is 0.0589 e. The molecular weight excluding hydrogens is 228 g/mol. The van der Waals surface area contributed by atoms with Crippen molar-refractivity contribution in [1.82, 2.24) is 4.90 Å². The van der Waals surface area contributed by atoms with E-state index in [1.807, 2.05) is 12.1 Å². The van der Waals surface area contributed by atoms with Crippen LogP contribution in [-0.4, -0.2) is 45.4 Å². The fraction of sp³-hybridized carbons (Fsp3) is 0.571. The zero-order valence-electron chi connectivity index (χ0n) is 11.6. The fourth-order valence-electron chi connectivity index (χ4n) is 1.90. The van der Waals surface area contributed by atoms with Gasteiger partial charge in [0.25, 0.3) is 0 Å². The third-order valence-corrected chi connectivity index (χ3v) is 3.13. The van der Waals surface area contributed by atoms with Crippen LogP contribution in [0.1, 0.15) is 18.5 Å². The number of nitrogens with two attached hydrogens (primary N) is 1. The quantitative estimate of drug-likeness (QED) is 0.718. The predicted molar refractivity (Wildman–Crippen MR) is 74.6 cm³/mol. The molecule has 4 nitrogen and oxygen atoms in total. The lowest BCUT2D eigenvalue weighted by Crippen LogP contribution is -2.33. The molecule has 4 heteroatoms. The first-order chi connectivity index (χ1) is 8.69. The minimum atomic E-state index is 0.330. The molecule has 1 aromatic carbocycles. The molecule has 0 aliphatic carbocycles. The molecular formula is C14H24N2O2. The summed E-state index contributed by atoms with van der Waals surface area (Å²) in [6, 6.07) is 8.36. The summed E-state index contributed by atoms with van der Waals surface area (Å²) in [5.41, 5.74) is 7.77. The van der Waals surface area contributed by atoms with Crippen LogP contribution in [0.3, 0.4) is 0 Å². The summed E-state index contributed by atoms with van der Waals surface area (Å²) < 4.78 is 10.3. The van der Waals surface area contributed by atoms with Gasteiger partial charge >= 0.3 is 0 Å². The highest BCUT2D eigenvalue weighted by Crippen LogP contribution is 2.20. The van der Waals surface area contributed by atoms with E-state index in [1.165, 1.54) is 5.56 Å². The molecule has 0 bridgehead atoms. The van der Waals surface area contributed by atoms with E-state index in [4.69, 9.17) is 15.2 Å². The Morgan fingerprint density at radius 3 is 2.00 bits per heavy atom. The van der Waals surface area contributed by atoms with Crippen molar-refractivity contribution in [2.24, 2.45) is 0 Å².